The molecular formula is C19H16N4O2S. The van der Waals surface area contributed by atoms with E-state index in [4.69, 9.17) is 9.40 Å². The quantitative estimate of drug-likeness (QED) is 0.399. The fourth-order valence-electron chi connectivity index (χ4n) is 2.69. The van der Waals surface area contributed by atoms with E-state index in [1.807, 2.05) is 54.6 Å². The van der Waals surface area contributed by atoms with Gasteiger partial charge in [0.25, 0.3) is 5.56 Å². The predicted octanol–water partition coefficient (Wildman–Crippen LogP) is 3.43. The van der Waals surface area contributed by atoms with E-state index in [1.165, 1.54) is 11.8 Å². The summed E-state index contributed by atoms with van der Waals surface area (Å²) in [5.74, 6) is 1.50. The summed E-state index contributed by atoms with van der Waals surface area (Å²) in [7, 11) is 0. The van der Waals surface area contributed by atoms with E-state index in [1.54, 1.807) is 11.5 Å². The number of hydrogen-bond donors (Lipinski definition) is 0. The van der Waals surface area contributed by atoms with Crippen LogP contribution in [-0.4, -0.2) is 19.7 Å². The van der Waals surface area contributed by atoms with Crippen LogP contribution in [0, 0.1) is 6.92 Å². The predicted molar refractivity (Wildman–Crippen MR) is 100 cm³/mol. The van der Waals surface area contributed by atoms with Gasteiger partial charge in [-0.2, -0.15) is 0 Å². The number of fused-ring (bicyclic) bond motifs is 1. The van der Waals surface area contributed by atoms with E-state index in [2.05, 4.69) is 10.2 Å². The van der Waals surface area contributed by atoms with Crippen LogP contribution in [0.25, 0.3) is 10.9 Å². The van der Waals surface area contributed by atoms with Gasteiger partial charge in [-0.05, 0) is 17.7 Å². The molecule has 0 saturated heterocycles. The highest BCUT2D eigenvalue weighted by Crippen LogP contribution is 2.22. The van der Waals surface area contributed by atoms with Crippen molar-refractivity contribution in [1.29, 1.82) is 0 Å². The first-order valence-electron chi connectivity index (χ1n) is 8.16. The van der Waals surface area contributed by atoms with Crippen LogP contribution in [0.2, 0.25) is 0 Å². The summed E-state index contributed by atoms with van der Waals surface area (Å²) in [5, 5.41) is 9.09. The number of aromatic nitrogens is 4. The lowest BCUT2D eigenvalue weighted by atomic mass is 10.2. The third-order valence-corrected chi connectivity index (χ3v) is 4.86. The van der Waals surface area contributed by atoms with Gasteiger partial charge in [-0.3, -0.25) is 9.36 Å². The molecule has 0 amide bonds. The van der Waals surface area contributed by atoms with E-state index < -0.39 is 0 Å². The average molecular weight is 364 g/mol. The third kappa shape index (κ3) is 3.39. The average Bonchev–Trinajstić information content (AvgIpc) is 3.09. The van der Waals surface area contributed by atoms with E-state index >= 15 is 0 Å². The fraction of sp³-hybridized carbons (Fsp3) is 0.158. The van der Waals surface area contributed by atoms with Gasteiger partial charge in [0.1, 0.15) is 0 Å². The summed E-state index contributed by atoms with van der Waals surface area (Å²) in [6, 6.07) is 17.3. The van der Waals surface area contributed by atoms with Crippen molar-refractivity contribution in [2.45, 2.75) is 24.4 Å². The van der Waals surface area contributed by atoms with Gasteiger partial charge in [0.2, 0.25) is 11.8 Å². The summed E-state index contributed by atoms with van der Waals surface area (Å²) >= 11 is 1.42. The number of rotatable bonds is 5. The number of benzene rings is 2. The molecule has 2 heterocycles. The molecule has 2 aromatic heterocycles. The maximum absolute atomic E-state index is 13.0. The van der Waals surface area contributed by atoms with E-state index in [9.17, 15) is 4.79 Å². The van der Waals surface area contributed by atoms with Gasteiger partial charge in [0.05, 0.1) is 23.2 Å². The minimum atomic E-state index is -0.0522. The summed E-state index contributed by atoms with van der Waals surface area (Å²) in [5.41, 5.74) is 1.68. The Labute approximate surface area is 153 Å². The molecule has 130 valence electrons. The highest BCUT2D eigenvalue weighted by atomic mass is 32.2. The van der Waals surface area contributed by atoms with Crippen LogP contribution >= 0.6 is 11.8 Å². The lowest BCUT2D eigenvalue weighted by Gasteiger charge is -2.12. The van der Waals surface area contributed by atoms with Gasteiger partial charge in [-0.1, -0.05) is 54.2 Å². The van der Waals surface area contributed by atoms with Crippen LogP contribution in [0.15, 0.2) is 69.0 Å². The minimum Gasteiger partial charge on any atom is -0.425 e. The van der Waals surface area contributed by atoms with Crippen LogP contribution in [0.4, 0.5) is 0 Å². The number of hydrogen-bond acceptors (Lipinski definition) is 6. The highest BCUT2D eigenvalue weighted by molar-refractivity contribution is 7.98. The molecule has 4 aromatic rings. The van der Waals surface area contributed by atoms with Crippen molar-refractivity contribution in [2.75, 3.05) is 0 Å². The van der Waals surface area contributed by atoms with Gasteiger partial charge in [0.15, 0.2) is 5.16 Å². The highest BCUT2D eigenvalue weighted by Gasteiger charge is 2.13. The zero-order valence-corrected chi connectivity index (χ0v) is 14.9. The molecule has 0 aliphatic rings. The monoisotopic (exact) mass is 364 g/mol. The van der Waals surface area contributed by atoms with Gasteiger partial charge in [-0.25, -0.2) is 4.98 Å². The Balaban J connectivity index is 1.75. The summed E-state index contributed by atoms with van der Waals surface area (Å²) in [6.45, 7) is 2.21. The van der Waals surface area contributed by atoms with Crippen molar-refractivity contribution in [3.8, 4) is 0 Å². The molecule has 7 heteroatoms. The topological polar surface area (TPSA) is 73.8 Å². The second-order valence-electron chi connectivity index (χ2n) is 5.79. The van der Waals surface area contributed by atoms with E-state index in [-0.39, 0.29) is 5.56 Å². The van der Waals surface area contributed by atoms with Crippen molar-refractivity contribution in [3.05, 3.63) is 82.3 Å². The Kier molecular flexibility index (Phi) is 4.53. The van der Waals surface area contributed by atoms with E-state index in [0.717, 1.165) is 5.56 Å². The molecule has 4 rings (SSSR count). The Bertz CT molecular complexity index is 1110. The Morgan fingerprint density at radius 3 is 2.58 bits per heavy atom. The van der Waals surface area contributed by atoms with Gasteiger partial charge < -0.3 is 4.42 Å². The molecule has 26 heavy (non-hydrogen) atoms. The van der Waals surface area contributed by atoms with Crippen LogP contribution in [0.5, 0.6) is 0 Å². The Morgan fingerprint density at radius 2 is 1.81 bits per heavy atom. The van der Waals surface area contributed by atoms with E-state index in [0.29, 0.717) is 40.1 Å². The molecule has 0 radical (unpaired) electrons. The number of para-hydroxylation sites is 1. The van der Waals surface area contributed by atoms with Gasteiger partial charge >= 0.3 is 0 Å². The van der Waals surface area contributed by atoms with Crippen LogP contribution in [-0.2, 0) is 12.3 Å². The molecule has 6 nitrogen and oxygen atoms in total. The molecule has 2 aromatic carbocycles. The Hall–Kier alpha value is -2.93. The first-order chi connectivity index (χ1) is 12.7. The minimum absolute atomic E-state index is 0.0522. The molecule has 0 aliphatic carbocycles. The van der Waals surface area contributed by atoms with Gasteiger partial charge in [0, 0.05) is 6.92 Å². The largest absolute Gasteiger partial charge is 0.425 e. The smallest absolute Gasteiger partial charge is 0.262 e. The second-order valence-corrected chi connectivity index (χ2v) is 6.73. The molecule has 0 aliphatic heterocycles. The zero-order chi connectivity index (χ0) is 17.9. The second kappa shape index (κ2) is 7.13. The first-order valence-corrected chi connectivity index (χ1v) is 9.14. The standard InChI is InChI=1S/C19H16N4O2S/c1-13-21-22-17(25-13)12-26-19-20-16-10-6-5-9-15(16)18(24)23(19)11-14-7-3-2-4-8-14/h2-10H,11-12H2,1H3. The molecule has 0 atom stereocenters. The summed E-state index contributed by atoms with van der Waals surface area (Å²) in [6.07, 6.45) is 0. The Morgan fingerprint density at radius 1 is 1.04 bits per heavy atom. The third-order valence-electron chi connectivity index (χ3n) is 3.90. The van der Waals surface area contributed by atoms with Crippen molar-refractivity contribution < 1.29 is 4.42 Å². The lowest BCUT2D eigenvalue weighted by Crippen LogP contribution is -2.24. The SMILES string of the molecule is Cc1nnc(CSc2nc3ccccc3c(=O)n2Cc2ccccc2)o1. The van der Waals surface area contributed by atoms with Crippen molar-refractivity contribution in [1.82, 2.24) is 19.7 Å². The molecule has 0 unspecified atom stereocenters. The zero-order valence-electron chi connectivity index (χ0n) is 14.1. The van der Waals surface area contributed by atoms with Crippen LogP contribution in [0.3, 0.4) is 0 Å². The number of thioether (sulfide) groups is 1. The summed E-state index contributed by atoms with van der Waals surface area (Å²) < 4.78 is 7.12. The van der Waals surface area contributed by atoms with Gasteiger partial charge in [-0.15, -0.1) is 10.2 Å². The maximum atomic E-state index is 13.0. The molecule has 0 fully saturated rings. The molecule has 0 N–H and O–H groups in total. The molecule has 0 spiro atoms. The number of nitrogens with zero attached hydrogens (tertiary/aromatic N) is 4. The van der Waals surface area contributed by atoms with Crippen LogP contribution < -0.4 is 5.56 Å². The first kappa shape index (κ1) is 16.5. The number of aryl methyl sites for hydroxylation is 1. The summed E-state index contributed by atoms with van der Waals surface area (Å²) in [4.78, 5) is 17.7. The normalized spacial score (nSPS) is 11.1. The van der Waals surface area contributed by atoms with Crippen molar-refractivity contribution in [3.63, 3.8) is 0 Å². The molecular weight excluding hydrogens is 348 g/mol. The molecule has 0 saturated carbocycles. The maximum Gasteiger partial charge on any atom is 0.262 e. The lowest BCUT2D eigenvalue weighted by molar-refractivity contribution is 0.485. The molecule has 0 bridgehead atoms. The van der Waals surface area contributed by atoms with Crippen molar-refractivity contribution in [2.24, 2.45) is 0 Å². The fourth-order valence-corrected chi connectivity index (χ4v) is 3.52. The van der Waals surface area contributed by atoms with Crippen LogP contribution in [0.1, 0.15) is 17.3 Å². The van der Waals surface area contributed by atoms with Crippen molar-refractivity contribution >= 4 is 22.7 Å².